The van der Waals surface area contributed by atoms with Crippen molar-refractivity contribution in [2.24, 2.45) is 0 Å². The third-order valence-electron chi connectivity index (χ3n) is 4.43. The summed E-state index contributed by atoms with van der Waals surface area (Å²) < 4.78 is 25.3. The van der Waals surface area contributed by atoms with Crippen molar-refractivity contribution in [3.05, 3.63) is 0 Å². The Morgan fingerprint density at radius 1 is 1.05 bits per heavy atom. The van der Waals surface area contributed by atoms with Crippen molar-refractivity contribution in [3.63, 3.8) is 0 Å². The van der Waals surface area contributed by atoms with E-state index < -0.39 is 10.0 Å². The number of nitrogens with zero attached hydrogens (tertiary/aromatic N) is 2. The average molecular weight is 317 g/mol. The molecule has 0 aromatic carbocycles. The van der Waals surface area contributed by atoms with Crippen LogP contribution in [0, 0.1) is 0 Å². The van der Waals surface area contributed by atoms with Crippen LogP contribution in [0.1, 0.15) is 45.4 Å². The van der Waals surface area contributed by atoms with Gasteiger partial charge in [-0.15, -0.1) is 0 Å². The van der Waals surface area contributed by atoms with Crippen molar-refractivity contribution in [1.29, 1.82) is 0 Å². The second kappa shape index (κ2) is 7.45. The molecule has 1 N–H and O–H groups in total. The van der Waals surface area contributed by atoms with Crippen LogP contribution in [0.2, 0.25) is 0 Å². The van der Waals surface area contributed by atoms with Gasteiger partial charge in [0.2, 0.25) is 10.0 Å². The number of hydrogen-bond donors (Lipinski definition) is 1. The van der Waals surface area contributed by atoms with E-state index >= 15 is 0 Å². The third kappa shape index (κ3) is 4.57. The highest BCUT2D eigenvalue weighted by molar-refractivity contribution is 7.89. The van der Waals surface area contributed by atoms with Gasteiger partial charge in [-0.3, -0.25) is 0 Å². The number of nitrogens with one attached hydrogen (secondary N) is 1. The minimum absolute atomic E-state index is 0.0300. The summed E-state index contributed by atoms with van der Waals surface area (Å²) in [7, 11) is -3.15. The summed E-state index contributed by atoms with van der Waals surface area (Å²) in [5.74, 6) is 0.126. The molecule has 1 aliphatic carbocycles. The monoisotopic (exact) mass is 317 g/mol. The Hall–Kier alpha value is -0.820. The van der Waals surface area contributed by atoms with Gasteiger partial charge < -0.3 is 10.2 Å². The number of amides is 2. The molecule has 0 aromatic heterocycles. The van der Waals surface area contributed by atoms with Crippen LogP contribution in [0.3, 0.4) is 0 Å². The van der Waals surface area contributed by atoms with Gasteiger partial charge in [-0.1, -0.05) is 19.3 Å². The topological polar surface area (TPSA) is 69.7 Å². The summed E-state index contributed by atoms with van der Waals surface area (Å²) in [5, 5.41) is 3.10. The number of carbonyl (C=O) groups excluding carboxylic acids is 1. The van der Waals surface area contributed by atoms with E-state index in [1.165, 1.54) is 23.6 Å². The van der Waals surface area contributed by atoms with Gasteiger partial charge in [0.15, 0.2) is 0 Å². The summed E-state index contributed by atoms with van der Waals surface area (Å²) in [5.41, 5.74) is 0. The third-order valence-corrected chi connectivity index (χ3v) is 6.31. The van der Waals surface area contributed by atoms with Gasteiger partial charge in [-0.05, 0) is 26.2 Å². The van der Waals surface area contributed by atoms with E-state index in [1.807, 2.05) is 0 Å². The molecule has 6 nitrogen and oxygen atoms in total. The lowest BCUT2D eigenvalue weighted by Gasteiger charge is -2.27. The van der Waals surface area contributed by atoms with E-state index in [9.17, 15) is 13.2 Å². The molecule has 2 aliphatic rings. The molecule has 7 heteroatoms. The fourth-order valence-electron chi connectivity index (χ4n) is 3.07. The van der Waals surface area contributed by atoms with Crippen molar-refractivity contribution < 1.29 is 13.2 Å². The smallest absolute Gasteiger partial charge is 0.317 e. The van der Waals surface area contributed by atoms with E-state index in [2.05, 4.69) is 5.32 Å². The maximum Gasteiger partial charge on any atom is 0.317 e. The van der Waals surface area contributed by atoms with Gasteiger partial charge >= 0.3 is 6.03 Å². The zero-order valence-electron chi connectivity index (χ0n) is 12.9. The van der Waals surface area contributed by atoms with E-state index in [0.717, 1.165) is 12.8 Å². The first kappa shape index (κ1) is 16.5. The number of rotatable bonds is 3. The number of hydrogen-bond acceptors (Lipinski definition) is 3. The zero-order chi connectivity index (χ0) is 15.3. The molecule has 0 spiro atoms. The fraction of sp³-hybridized carbons (Fsp3) is 0.929. The fourth-order valence-corrected chi connectivity index (χ4v) is 4.20. The summed E-state index contributed by atoms with van der Waals surface area (Å²) in [6.45, 7) is 3.71. The second-order valence-corrected chi connectivity index (χ2v) is 8.18. The highest BCUT2D eigenvalue weighted by atomic mass is 32.2. The molecular weight excluding hydrogens is 290 g/mol. The van der Waals surface area contributed by atoms with Crippen LogP contribution < -0.4 is 5.32 Å². The Bertz CT molecular complexity index is 446. The van der Waals surface area contributed by atoms with Crippen molar-refractivity contribution in [2.45, 2.75) is 51.5 Å². The lowest BCUT2D eigenvalue weighted by molar-refractivity contribution is 0.192. The highest BCUT2D eigenvalue weighted by Gasteiger charge is 2.26. The van der Waals surface area contributed by atoms with Gasteiger partial charge in [0, 0.05) is 32.2 Å². The normalized spacial score (nSPS) is 22.8. The minimum atomic E-state index is -3.15. The average Bonchev–Trinajstić information content (AvgIpc) is 2.75. The number of sulfonamides is 1. The van der Waals surface area contributed by atoms with Crippen LogP contribution in [-0.2, 0) is 10.0 Å². The molecule has 1 aliphatic heterocycles. The van der Waals surface area contributed by atoms with Crippen molar-refractivity contribution in [3.8, 4) is 0 Å². The van der Waals surface area contributed by atoms with E-state index in [0.29, 0.717) is 38.6 Å². The molecule has 2 fully saturated rings. The number of carbonyl (C=O) groups is 1. The Labute approximate surface area is 127 Å². The molecule has 0 aromatic rings. The summed E-state index contributed by atoms with van der Waals surface area (Å²) >= 11 is 0. The van der Waals surface area contributed by atoms with E-state index in [-0.39, 0.29) is 11.8 Å². The lowest BCUT2D eigenvalue weighted by Crippen LogP contribution is -2.47. The molecule has 1 saturated carbocycles. The zero-order valence-corrected chi connectivity index (χ0v) is 13.7. The van der Waals surface area contributed by atoms with Crippen molar-refractivity contribution in [2.75, 3.05) is 31.9 Å². The van der Waals surface area contributed by atoms with Gasteiger partial charge in [0.25, 0.3) is 0 Å². The maximum atomic E-state index is 12.3. The van der Waals surface area contributed by atoms with E-state index in [1.54, 1.807) is 11.8 Å². The van der Waals surface area contributed by atoms with Crippen LogP contribution in [-0.4, -0.2) is 61.6 Å². The Morgan fingerprint density at radius 2 is 1.76 bits per heavy atom. The van der Waals surface area contributed by atoms with Gasteiger partial charge in [-0.25, -0.2) is 17.5 Å². The molecule has 122 valence electrons. The van der Waals surface area contributed by atoms with Crippen molar-refractivity contribution >= 4 is 16.1 Å². The Balaban J connectivity index is 1.85. The first-order valence-electron chi connectivity index (χ1n) is 8.06. The molecule has 21 heavy (non-hydrogen) atoms. The first-order chi connectivity index (χ1) is 10.0. The van der Waals surface area contributed by atoms with Crippen molar-refractivity contribution in [1.82, 2.24) is 14.5 Å². The quantitative estimate of drug-likeness (QED) is 0.855. The van der Waals surface area contributed by atoms with Crippen LogP contribution in [0.25, 0.3) is 0 Å². The molecule has 0 radical (unpaired) electrons. The SMILES string of the molecule is CCS(=O)(=O)N1CCCN(C(=O)NC2CCCCC2)CC1. The van der Waals surface area contributed by atoms with Gasteiger partial charge in [0.1, 0.15) is 0 Å². The second-order valence-electron chi connectivity index (χ2n) is 5.92. The summed E-state index contributed by atoms with van der Waals surface area (Å²) in [6, 6.07) is 0.266. The molecule has 1 saturated heterocycles. The molecule has 0 atom stereocenters. The largest absolute Gasteiger partial charge is 0.335 e. The molecule has 0 unspecified atom stereocenters. The maximum absolute atomic E-state index is 12.3. The van der Waals surface area contributed by atoms with Crippen LogP contribution in [0.4, 0.5) is 4.79 Å². The lowest BCUT2D eigenvalue weighted by atomic mass is 9.96. The standard InChI is InChI=1S/C14H27N3O3S/c1-2-21(19,20)17-10-6-9-16(11-12-17)14(18)15-13-7-4-3-5-8-13/h13H,2-12H2,1H3,(H,15,18). The molecule has 0 bridgehead atoms. The summed E-state index contributed by atoms with van der Waals surface area (Å²) in [4.78, 5) is 14.1. The van der Waals surface area contributed by atoms with Crippen LogP contribution >= 0.6 is 0 Å². The molecule has 2 rings (SSSR count). The van der Waals surface area contributed by atoms with Crippen LogP contribution in [0.15, 0.2) is 0 Å². The van der Waals surface area contributed by atoms with Gasteiger partial charge in [0.05, 0.1) is 5.75 Å². The predicted octanol–water partition coefficient (Wildman–Crippen LogP) is 1.39. The molecule has 2 amide bonds. The Kier molecular flexibility index (Phi) is 5.87. The molecule has 1 heterocycles. The summed E-state index contributed by atoms with van der Waals surface area (Å²) in [6.07, 6.45) is 6.48. The predicted molar refractivity (Wildman–Crippen MR) is 82.6 cm³/mol. The number of urea groups is 1. The first-order valence-corrected chi connectivity index (χ1v) is 9.67. The van der Waals surface area contributed by atoms with Gasteiger partial charge in [-0.2, -0.15) is 0 Å². The molecular formula is C14H27N3O3S. The van der Waals surface area contributed by atoms with Crippen LogP contribution in [0.5, 0.6) is 0 Å². The minimum Gasteiger partial charge on any atom is -0.335 e. The van der Waals surface area contributed by atoms with E-state index in [4.69, 9.17) is 0 Å². The Morgan fingerprint density at radius 3 is 2.43 bits per heavy atom. The highest BCUT2D eigenvalue weighted by Crippen LogP contribution is 2.18.